The van der Waals surface area contributed by atoms with Gasteiger partial charge in [-0.1, -0.05) is 127 Å². The molecule has 0 aliphatic rings. The largest absolute Gasteiger partial charge is 0.245 e. The molecular weight excluding hydrogens is 574 g/mol. The molecule has 0 unspecified atom stereocenters. The highest BCUT2D eigenvalue weighted by Crippen LogP contribution is 2.36. The number of pyridine rings is 2. The second-order valence-electron chi connectivity index (χ2n) is 11.6. The lowest BCUT2D eigenvalue weighted by Crippen LogP contribution is -2.01. The van der Waals surface area contributed by atoms with Gasteiger partial charge in [0.1, 0.15) is 11.0 Å². The van der Waals surface area contributed by atoms with Crippen molar-refractivity contribution in [1.29, 1.82) is 0 Å². The van der Waals surface area contributed by atoms with Crippen molar-refractivity contribution in [2.45, 2.75) is 0 Å². The quantitative estimate of drug-likeness (QED) is 0.184. The second kappa shape index (κ2) is 11.2. The summed E-state index contributed by atoms with van der Waals surface area (Å²) in [5.74, 6) is 0. The van der Waals surface area contributed by atoms with Gasteiger partial charge in [0.15, 0.2) is 0 Å². The van der Waals surface area contributed by atoms with Crippen LogP contribution >= 0.6 is 0 Å². The molecule has 0 spiro atoms. The maximum Gasteiger partial charge on any atom is 0.113 e. The molecule has 3 heterocycles. The molecule has 0 aliphatic heterocycles. The van der Waals surface area contributed by atoms with E-state index in [1.807, 2.05) is 42.5 Å². The van der Waals surface area contributed by atoms with Gasteiger partial charge in [-0.15, -0.1) is 15.0 Å². The van der Waals surface area contributed by atoms with Crippen molar-refractivity contribution in [3.05, 3.63) is 164 Å². The minimum atomic E-state index is 0.840. The summed E-state index contributed by atoms with van der Waals surface area (Å²) in [6.45, 7) is 0. The Bertz CT molecular complexity index is 2540. The van der Waals surface area contributed by atoms with Crippen LogP contribution in [-0.2, 0) is 0 Å². The van der Waals surface area contributed by atoms with Crippen LogP contribution in [0.4, 0.5) is 0 Å². The smallest absolute Gasteiger partial charge is 0.113 e. The average molecular weight is 602 g/mol. The lowest BCUT2D eigenvalue weighted by atomic mass is 9.92. The average Bonchev–Trinajstić information content (AvgIpc) is 3.59. The molecule has 0 bridgehead atoms. The molecule has 9 aromatic rings. The molecule has 6 aromatic carbocycles. The molecule has 5 nitrogen and oxygen atoms in total. The molecule has 9 rings (SSSR count). The molecule has 0 saturated heterocycles. The summed E-state index contributed by atoms with van der Waals surface area (Å²) in [4.78, 5) is 12.2. The number of aromatic nitrogens is 5. The van der Waals surface area contributed by atoms with Crippen LogP contribution in [0.2, 0.25) is 0 Å². The number of benzene rings is 6. The van der Waals surface area contributed by atoms with Crippen LogP contribution in [0, 0.1) is 0 Å². The van der Waals surface area contributed by atoms with E-state index in [0.717, 1.165) is 61.0 Å². The van der Waals surface area contributed by atoms with E-state index in [1.54, 1.807) is 4.80 Å². The van der Waals surface area contributed by atoms with Crippen LogP contribution in [0.25, 0.3) is 83.3 Å². The number of fused-ring (bicyclic) bond motifs is 4. The van der Waals surface area contributed by atoms with Gasteiger partial charge in [0.05, 0.1) is 28.1 Å². The fourth-order valence-corrected chi connectivity index (χ4v) is 6.34. The zero-order chi connectivity index (χ0) is 31.2. The fourth-order valence-electron chi connectivity index (χ4n) is 6.34. The molecule has 0 aliphatic carbocycles. The third-order valence-electron chi connectivity index (χ3n) is 8.69. The standard InChI is InChI=1S/C42H27N5/c1-3-11-28(12-4-1)33-24-21-32(27-35(33)29-13-5-2-6-14-29)36-25-22-30-19-20-31-23-26-37(44-42(31)41(30)43-36)34-15-7-10-18-40(34)47-45-38-16-8-9-17-39(38)46-47/h1-27H. The van der Waals surface area contributed by atoms with Gasteiger partial charge < -0.3 is 0 Å². The van der Waals surface area contributed by atoms with Gasteiger partial charge >= 0.3 is 0 Å². The van der Waals surface area contributed by atoms with Gasteiger partial charge in [-0.05, 0) is 58.7 Å². The number of hydrogen-bond donors (Lipinski definition) is 0. The molecule has 47 heavy (non-hydrogen) atoms. The summed E-state index contributed by atoms with van der Waals surface area (Å²) in [5.41, 5.74) is 12.8. The minimum Gasteiger partial charge on any atom is -0.245 e. The summed E-state index contributed by atoms with van der Waals surface area (Å²) >= 11 is 0. The van der Waals surface area contributed by atoms with Crippen molar-refractivity contribution < 1.29 is 0 Å². The summed E-state index contributed by atoms with van der Waals surface area (Å²) in [5, 5.41) is 11.6. The van der Waals surface area contributed by atoms with Crippen molar-refractivity contribution in [1.82, 2.24) is 25.0 Å². The van der Waals surface area contributed by atoms with Gasteiger partial charge in [0.2, 0.25) is 0 Å². The van der Waals surface area contributed by atoms with Gasteiger partial charge in [-0.25, -0.2) is 9.97 Å². The van der Waals surface area contributed by atoms with Crippen molar-refractivity contribution >= 4 is 32.8 Å². The van der Waals surface area contributed by atoms with E-state index in [1.165, 1.54) is 22.3 Å². The zero-order valence-electron chi connectivity index (χ0n) is 25.3. The first kappa shape index (κ1) is 26.9. The highest BCUT2D eigenvalue weighted by molar-refractivity contribution is 6.04. The first-order valence-electron chi connectivity index (χ1n) is 15.7. The van der Waals surface area contributed by atoms with E-state index >= 15 is 0 Å². The Morgan fingerprint density at radius 2 is 0.894 bits per heavy atom. The minimum absolute atomic E-state index is 0.840. The summed E-state index contributed by atoms with van der Waals surface area (Å²) in [6.07, 6.45) is 0. The Morgan fingerprint density at radius 1 is 0.362 bits per heavy atom. The van der Waals surface area contributed by atoms with E-state index in [2.05, 4.69) is 121 Å². The van der Waals surface area contributed by atoms with E-state index in [9.17, 15) is 0 Å². The van der Waals surface area contributed by atoms with Gasteiger partial charge in [-0.2, -0.15) is 0 Å². The maximum absolute atomic E-state index is 5.26. The number of hydrogen-bond acceptors (Lipinski definition) is 4. The molecule has 5 heteroatoms. The Balaban J connectivity index is 1.19. The normalized spacial score (nSPS) is 11.4. The monoisotopic (exact) mass is 601 g/mol. The van der Waals surface area contributed by atoms with Crippen molar-refractivity contribution in [3.8, 4) is 50.5 Å². The molecular formula is C42H27N5. The number of nitrogens with zero attached hydrogens (tertiary/aromatic N) is 5. The van der Waals surface area contributed by atoms with Crippen molar-refractivity contribution in [3.63, 3.8) is 0 Å². The molecule has 0 radical (unpaired) electrons. The lowest BCUT2D eigenvalue weighted by molar-refractivity contribution is 0.767. The molecule has 0 saturated carbocycles. The fraction of sp³-hybridized carbons (Fsp3) is 0. The van der Waals surface area contributed by atoms with Crippen LogP contribution in [0.5, 0.6) is 0 Å². The summed E-state index contributed by atoms with van der Waals surface area (Å²) in [7, 11) is 0. The molecule has 0 amide bonds. The predicted octanol–water partition coefficient (Wildman–Crippen LogP) is 10.2. The topological polar surface area (TPSA) is 56.5 Å². The number of rotatable bonds is 5. The summed E-state index contributed by atoms with van der Waals surface area (Å²) in [6, 6.07) is 56.4. The Labute approximate surface area is 271 Å². The molecule has 0 fully saturated rings. The Kier molecular flexibility index (Phi) is 6.39. The maximum atomic E-state index is 5.26. The predicted molar refractivity (Wildman–Crippen MR) is 191 cm³/mol. The molecule has 220 valence electrons. The van der Waals surface area contributed by atoms with Crippen LogP contribution < -0.4 is 0 Å². The first-order valence-corrected chi connectivity index (χ1v) is 15.7. The third kappa shape index (κ3) is 4.82. The van der Waals surface area contributed by atoms with Crippen molar-refractivity contribution in [2.75, 3.05) is 0 Å². The number of para-hydroxylation sites is 1. The Hall–Kier alpha value is -6.46. The van der Waals surface area contributed by atoms with Crippen LogP contribution in [0.1, 0.15) is 0 Å². The van der Waals surface area contributed by atoms with E-state index in [0.29, 0.717) is 0 Å². The molecule has 3 aromatic heterocycles. The highest BCUT2D eigenvalue weighted by Gasteiger charge is 2.15. The van der Waals surface area contributed by atoms with E-state index < -0.39 is 0 Å². The van der Waals surface area contributed by atoms with Crippen LogP contribution in [-0.4, -0.2) is 25.0 Å². The zero-order valence-corrected chi connectivity index (χ0v) is 25.3. The van der Waals surface area contributed by atoms with Gasteiger partial charge in [-0.3, -0.25) is 0 Å². The first-order chi connectivity index (χ1) is 23.3. The summed E-state index contributed by atoms with van der Waals surface area (Å²) < 4.78 is 0. The lowest BCUT2D eigenvalue weighted by Gasteiger charge is -2.14. The van der Waals surface area contributed by atoms with E-state index in [-0.39, 0.29) is 0 Å². The van der Waals surface area contributed by atoms with Gasteiger partial charge in [0.25, 0.3) is 0 Å². The second-order valence-corrected chi connectivity index (χ2v) is 11.6. The Morgan fingerprint density at radius 3 is 1.57 bits per heavy atom. The van der Waals surface area contributed by atoms with Gasteiger partial charge in [0, 0.05) is 21.9 Å². The highest BCUT2D eigenvalue weighted by atomic mass is 15.5. The van der Waals surface area contributed by atoms with Crippen molar-refractivity contribution in [2.24, 2.45) is 0 Å². The SMILES string of the molecule is c1ccc(-c2ccc(-c3ccc4ccc5ccc(-c6ccccc6-n6nc7ccccc7n6)nc5c4n3)cc2-c2ccccc2)cc1. The van der Waals surface area contributed by atoms with Crippen LogP contribution in [0.3, 0.4) is 0 Å². The molecule has 0 atom stereocenters. The molecule has 0 N–H and O–H groups in total. The van der Waals surface area contributed by atoms with Crippen LogP contribution in [0.15, 0.2) is 164 Å². The van der Waals surface area contributed by atoms with E-state index in [4.69, 9.17) is 20.2 Å². The third-order valence-corrected chi connectivity index (χ3v) is 8.69.